The van der Waals surface area contributed by atoms with Gasteiger partial charge in [0.05, 0.1) is 30.2 Å². The molecule has 8 nitrogen and oxygen atoms in total. The number of hydrogen-bond acceptors (Lipinski definition) is 6. The van der Waals surface area contributed by atoms with Gasteiger partial charge in [-0.1, -0.05) is 13.8 Å². The zero-order valence-corrected chi connectivity index (χ0v) is 17.3. The lowest BCUT2D eigenvalue weighted by Crippen LogP contribution is -2.45. The summed E-state index contributed by atoms with van der Waals surface area (Å²) >= 11 is 0. The van der Waals surface area contributed by atoms with Crippen LogP contribution >= 0.6 is 0 Å². The number of carbonyl (C=O) groups is 2. The van der Waals surface area contributed by atoms with Gasteiger partial charge in [0.2, 0.25) is 0 Å². The predicted molar refractivity (Wildman–Crippen MR) is 101 cm³/mol. The first kappa shape index (κ1) is 21.4. The molecule has 0 saturated carbocycles. The van der Waals surface area contributed by atoms with Gasteiger partial charge in [-0.15, -0.1) is 0 Å². The highest BCUT2D eigenvalue weighted by Crippen LogP contribution is 2.19. The third kappa shape index (κ3) is 6.34. The second-order valence-corrected chi connectivity index (χ2v) is 9.79. The first-order valence-electron chi connectivity index (χ1n) is 9.24. The third-order valence-corrected chi connectivity index (χ3v) is 6.27. The number of amides is 1. The summed E-state index contributed by atoms with van der Waals surface area (Å²) in [5, 5.41) is 4.28. The number of hydrogen-bond donors (Lipinski definition) is 0. The highest BCUT2D eigenvalue weighted by molar-refractivity contribution is 7.91. The van der Waals surface area contributed by atoms with Crippen LogP contribution in [0.15, 0.2) is 6.07 Å². The molecule has 27 heavy (non-hydrogen) atoms. The highest BCUT2D eigenvalue weighted by atomic mass is 32.2. The van der Waals surface area contributed by atoms with Gasteiger partial charge < -0.3 is 9.64 Å². The fourth-order valence-corrected chi connectivity index (χ4v) is 5.00. The summed E-state index contributed by atoms with van der Waals surface area (Å²) < 4.78 is 30.3. The lowest BCUT2D eigenvalue weighted by atomic mass is 10.1. The maximum atomic E-state index is 12.5. The normalized spacial score (nSPS) is 18.6. The number of nitrogens with zero attached hydrogens (tertiary/aromatic N) is 3. The van der Waals surface area contributed by atoms with Gasteiger partial charge in [-0.25, -0.2) is 8.42 Å². The van der Waals surface area contributed by atoms with Crippen LogP contribution in [0, 0.1) is 19.8 Å². The van der Waals surface area contributed by atoms with Crippen LogP contribution in [0.1, 0.15) is 38.1 Å². The Hall–Kier alpha value is -1.90. The van der Waals surface area contributed by atoms with Gasteiger partial charge in [0.1, 0.15) is 0 Å². The number of carbonyl (C=O) groups excluding carboxylic acids is 2. The predicted octanol–water partition coefficient (Wildman–Crippen LogP) is 1.10. The molecule has 1 amide bonds. The molecule has 1 atom stereocenters. The topological polar surface area (TPSA) is 98.6 Å². The van der Waals surface area contributed by atoms with Crippen molar-refractivity contribution in [2.45, 2.75) is 53.1 Å². The van der Waals surface area contributed by atoms with Crippen molar-refractivity contribution in [3.63, 3.8) is 0 Å². The van der Waals surface area contributed by atoms with E-state index in [1.165, 1.54) is 0 Å². The Kier molecular flexibility index (Phi) is 7.02. The van der Waals surface area contributed by atoms with Crippen molar-refractivity contribution < 1.29 is 22.7 Å². The van der Waals surface area contributed by atoms with Crippen molar-refractivity contribution in [3.05, 3.63) is 17.5 Å². The second-order valence-electron chi connectivity index (χ2n) is 7.56. The van der Waals surface area contributed by atoms with E-state index in [0.29, 0.717) is 19.5 Å². The minimum Gasteiger partial charge on any atom is -0.456 e. The molecule has 2 rings (SSSR count). The average molecular weight is 400 g/mol. The maximum absolute atomic E-state index is 12.5. The average Bonchev–Trinajstić information content (AvgIpc) is 3.08. The zero-order chi connectivity index (χ0) is 20.2. The Bertz CT molecular complexity index is 785. The van der Waals surface area contributed by atoms with E-state index in [9.17, 15) is 18.0 Å². The van der Waals surface area contributed by atoms with Crippen LogP contribution in [0.25, 0.3) is 0 Å². The number of aryl methyl sites for hydroxylation is 3. The van der Waals surface area contributed by atoms with Crippen LogP contribution in [0.2, 0.25) is 0 Å². The van der Waals surface area contributed by atoms with Crippen molar-refractivity contribution in [2.24, 2.45) is 5.92 Å². The first-order valence-corrected chi connectivity index (χ1v) is 11.1. The van der Waals surface area contributed by atoms with Gasteiger partial charge in [0.15, 0.2) is 16.4 Å². The number of ether oxygens (including phenoxy) is 1. The van der Waals surface area contributed by atoms with Gasteiger partial charge in [-0.2, -0.15) is 5.10 Å². The highest BCUT2D eigenvalue weighted by Gasteiger charge is 2.35. The van der Waals surface area contributed by atoms with Crippen LogP contribution in [-0.2, 0) is 30.7 Å². The van der Waals surface area contributed by atoms with Crippen LogP contribution < -0.4 is 0 Å². The molecule has 152 valence electrons. The molecular formula is C18H29N3O5S. The summed E-state index contributed by atoms with van der Waals surface area (Å²) in [5.74, 6) is -0.539. The lowest BCUT2D eigenvalue weighted by molar-refractivity contribution is -0.153. The van der Waals surface area contributed by atoms with Gasteiger partial charge >= 0.3 is 5.97 Å². The Morgan fingerprint density at radius 3 is 2.59 bits per heavy atom. The fourth-order valence-electron chi connectivity index (χ4n) is 3.26. The SMILES string of the molecule is Cc1cc(C)n(CCC(=O)OCC(=O)N(CC(C)C)C2CCS(=O)(=O)C2)n1. The molecule has 1 aromatic rings. The molecule has 1 aliphatic heterocycles. The van der Waals surface area contributed by atoms with E-state index < -0.39 is 15.8 Å². The van der Waals surface area contributed by atoms with E-state index in [1.807, 2.05) is 33.8 Å². The maximum Gasteiger partial charge on any atom is 0.308 e. The van der Waals surface area contributed by atoms with E-state index in [2.05, 4.69) is 5.10 Å². The largest absolute Gasteiger partial charge is 0.456 e. The molecular weight excluding hydrogens is 370 g/mol. The lowest BCUT2D eigenvalue weighted by Gasteiger charge is -2.29. The van der Waals surface area contributed by atoms with Crippen molar-refractivity contribution in [1.82, 2.24) is 14.7 Å². The summed E-state index contributed by atoms with van der Waals surface area (Å²) in [4.78, 5) is 26.1. The smallest absolute Gasteiger partial charge is 0.308 e. The summed E-state index contributed by atoms with van der Waals surface area (Å²) in [7, 11) is -3.09. The molecule has 0 bridgehead atoms. The minimum absolute atomic E-state index is 0.0165. The fraction of sp³-hybridized carbons (Fsp3) is 0.722. The van der Waals surface area contributed by atoms with Crippen LogP contribution in [-0.4, -0.2) is 65.7 Å². The number of esters is 1. The molecule has 0 aromatic carbocycles. The Balaban J connectivity index is 1.87. The van der Waals surface area contributed by atoms with Gasteiger partial charge in [0.25, 0.3) is 5.91 Å². The molecule has 0 radical (unpaired) electrons. The molecule has 1 unspecified atom stereocenters. The number of aromatic nitrogens is 2. The molecule has 1 fully saturated rings. The number of rotatable bonds is 8. The molecule has 2 heterocycles. The molecule has 0 spiro atoms. The third-order valence-electron chi connectivity index (χ3n) is 4.52. The van der Waals surface area contributed by atoms with Crippen molar-refractivity contribution in [3.8, 4) is 0 Å². The quantitative estimate of drug-likeness (QED) is 0.607. The van der Waals surface area contributed by atoms with Crippen molar-refractivity contribution >= 4 is 21.7 Å². The van der Waals surface area contributed by atoms with Gasteiger partial charge in [-0.3, -0.25) is 14.3 Å². The van der Waals surface area contributed by atoms with Crippen LogP contribution in [0.5, 0.6) is 0 Å². The van der Waals surface area contributed by atoms with Crippen LogP contribution in [0.3, 0.4) is 0 Å². The summed E-state index contributed by atoms with van der Waals surface area (Å²) in [6.07, 6.45) is 0.559. The molecule has 0 aliphatic carbocycles. The van der Waals surface area contributed by atoms with E-state index in [4.69, 9.17) is 4.74 Å². The van der Waals surface area contributed by atoms with Gasteiger partial charge in [0, 0.05) is 18.3 Å². The second kappa shape index (κ2) is 8.86. The van der Waals surface area contributed by atoms with Crippen molar-refractivity contribution in [2.75, 3.05) is 24.7 Å². The van der Waals surface area contributed by atoms with E-state index in [1.54, 1.807) is 9.58 Å². The van der Waals surface area contributed by atoms with Gasteiger partial charge in [-0.05, 0) is 32.3 Å². The van der Waals surface area contributed by atoms with Crippen molar-refractivity contribution in [1.29, 1.82) is 0 Å². The molecule has 1 aromatic heterocycles. The molecule has 1 aliphatic rings. The van der Waals surface area contributed by atoms with E-state index >= 15 is 0 Å². The Labute approximate surface area is 160 Å². The summed E-state index contributed by atoms with van der Waals surface area (Å²) in [5.41, 5.74) is 1.84. The van der Waals surface area contributed by atoms with E-state index in [0.717, 1.165) is 11.4 Å². The Morgan fingerprint density at radius 1 is 1.37 bits per heavy atom. The van der Waals surface area contributed by atoms with E-state index in [-0.39, 0.29) is 42.4 Å². The molecule has 1 saturated heterocycles. The summed E-state index contributed by atoms with van der Waals surface area (Å²) in [6.45, 7) is 8.19. The monoisotopic (exact) mass is 399 g/mol. The van der Waals surface area contributed by atoms with Crippen LogP contribution in [0.4, 0.5) is 0 Å². The molecule has 0 N–H and O–H groups in total. The molecule has 9 heteroatoms. The Morgan fingerprint density at radius 2 is 2.07 bits per heavy atom. The zero-order valence-electron chi connectivity index (χ0n) is 16.5. The standard InChI is InChI=1S/C18H29N3O5S/c1-13(2)10-20(16-6-8-27(24,25)12-16)17(22)11-26-18(23)5-7-21-15(4)9-14(3)19-21/h9,13,16H,5-8,10-12H2,1-4H3. The summed E-state index contributed by atoms with van der Waals surface area (Å²) in [6, 6.07) is 1.59. The minimum atomic E-state index is -3.09. The number of sulfone groups is 1. The first-order chi connectivity index (χ1) is 12.6.